The van der Waals surface area contributed by atoms with E-state index in [2.05, 4.69) is 35.3 Å². The summed E-state index contributed by atoms with van der Waals surface area (Å²) in [5.74, 6) is 2.68. The van der Waals surface area contributed by atoms with Gasteiger partial charge in [-0.2, -0.15) is 0 Å². The first-order valence-electron chi connectivity index (χ1n) is 10.0. The molecule has 1 saturated carbocycles. The number of aliphatic imine (C=N–C) groups is 1. The fourth-order valence-corrected chi connectivity index (χ4v) is 5.04. The lowest BCUT2D eigenvalue weighted by Gasteiger charge is -2.25. The molecule has 1 aliphatic heterocycles. The number of hydrogen-bond acceptors (Lipinski definition) is 2. The largest absolute Gasteiger partial charge is 0.383 e. The molecule has 2 N–H and O–H groups in total. The number of fused-ring (bicyclic) bond motifs is 2. The van der Waals surface area contributed by atoms with Crippen molar-refractivity contribution in [1.82, 2.24) is 10.2 Å². The van der Waals surface area contributed by atoms with Crippen LogP contribution >= 0.6 is 0 Å². The molecule has 4 nitrogen and oxygen atoms in total. The minimum absolute atomic E-state index is 0.457. The molecule has 4 heteroatoms. The topological polar surface area (TPSA) is 47.9 Å². The van der Waals surface area contributed by atoms with Crippen LogP contribution in [-0.4, -0.2) is 42.1 Å². The Morgan fingerprint density at radius 2 is 1.96 bits per heavy atom. The van der Waals surface area contributed by atoms with E-state index >= 15 is 0 Å². The Hall–Kier alpha value is -1.55. The van der Waals surface area contributed by atoms with Gasteiger partial charge in [-0.15, -0.1) is 0 Å². The van der Waals surface area contributed by atoms with Crippen molar-refractivity contribution in [2.45, 2.75) is 51.0 Å². The summed E-state index contributed by atoms with van der Waals surface area (Å²) in [7, 11) is 0. The normalized spacial score (nSPS) is 31.8. The molecule has 3 unspecified atom stereocenters. The molecule has 4 rings (SSSR count). The zero-order valence-corrected chi connectivity index (χ0v) is 15.4. The Balaban J connectivity index is 1.50. The standard InChI is InChI=1S/C21H31N3O/c1-2-22-20(24-13-17-8-3-4-9-18(17)14-24)23-15-21(25)12-11-16-7-5-6-10-19(16)21/h5-7,10,17-18,25H,2-4,8-9,11-15H2,1H3,(H,22,23). The molecule has 0 spiro atoms. The molecule has 1 heterocycles. The Bertz CT molecular complexity index is 630. The second-order valence-electron chi connectivity index (χ2n) is 8.07. The van der Waals surface area contributed by atoms with E-state index in [9.17, 15) is 5.11 Å². The smallest absolute Gasteiger partial charge is 0.194 e. The maximum Gasteiger partial charge on any atom is 0.194 e. The number of nitrogens with one attached hydrogen (secondary N) is 1. The number of guanidine groups is 1. The molecule has 0 bridgehead atoms. The minimum Gasteiger partial charge on any atom is -0.383 e. The summed E-state index contributed by atoms with van der Waals surface area (Å²) >= 11 is 0. The Kier molecular flexibility index (Phi) is 4.72. The van der Waals surface area contributed by atoms with E-state index in [1.165, 1.54) is 31.2 Å². The molecule has 0 radical (unpaired) electrons. The van der Waals surface area contributed by atoms with Crippen LogP contribution in [0.4, 0.5) is 0 Å². The third-order valence-electron chi connectivity index (χ3n) is 6.43. The van der Waals surface area contributed by atoms with Gasteiger partial charge in [0, 0.05) is 19.6 Å². The number of rotatable bonds is 3. The quantitative estimate of drug-likeness (QED) is 0.656. The number of aryl methyl sites for hydroxylation is 1. The molecule has 0 amide bonds. The lowest BCUT2D eigenvalue weighted by Crippen LogP contribution is -2.41. The van der Waals surface area contributed by atoms with Gasteiger partial charge in [0.1, 0.15) is 5.60 Å². The Morgan fingerprint density at radius 3 is 2.68 bits per heavy atom. The predicted molar refractivity (Wildman–Crippen MR) is 102 cm³/mol. The number of hydrogen-bond donors (Lipinski definition) is 2. The van der Waals surface area contributed by atoms with Gasteiger partial charge in [-0.1, -0.05) is 37.1 Å². The molecule has 3 aliphatic rings. The van der Waals surface area contributed by atoms with Gasteiger partial charge in [0.05, 0.1) is 6.54 Å². The lowest BCUT2D eigenvalue weighted by atomic mass is 9.82. The van der Waals surface area contributed by atoms with Crippen molar-refractivity contribution in [2.24, 2.45) is 16.8 Å². The minimum atomic E-state index is -0.802. The number of likely N-dealkylation sites (tertiary alicyclic amines) is 1. The first-order valence-corrected chi connectivity index (χ1v) is 10.0. The van der Waals surface area contributed by atoms with Gasteiger partial charge in [-0.05, 0) is 55.6 Å². The van der Waals surface area contributed by atoms with Crippen molar-refractivity contribution in [3.8, 4) is 0 Å². The van der Waals surface area contributed by atoms with Gasteiger partial charge in [0.15, 0.2) is 5.96 Å². The molecule has 1 saturated heterocycles. The van der Waals surface area contributed by atoms with Crippen molar-refractivity contribution in [3.05, 3.63) is 35.4 Å². The maximum absolute atomic E-state index is 11.2. The molecule has 1 aromatic carbocycles. The monoisotopic (exact) mass is 341 g/mol. The molecule has 0 aromatic heterocycles. The van der Waals surface area contributed by atoms with Gasteiger partial charge >= 0.3 is 0 Å². The number of nitrogens with zero attached hydrogens (tertiary/aromatic N) is 2. The average Bonchev–Trinajstić information content (AvgIpc) is 3.21. The van der Waals surface area contributed by atoms with Gasteiger partial charge < -0.3 is 15.3 Å². The summed E-state index contributed by atoms with van der Waals surface area (Å²) in [6.45, 7) is 5.72. The van der Waals surface area contributed by atoms with Crippen LogP contribution in [0, 0.1) is 11.8 Å². The van der Waals surface area contributed by atoms with Crippen LogP contribution in [0.15, 0.2) is 29.3 Å². The second-order valence-corrected chi connectivity index (χ2v) is 8.07. The summed E-state index contributed by atoms with van der Waals surface area (Å²) in [4.78, 5) is 7.33. The summed E-state index contributed by atoms with van der Waals surface area (Å²) in [5.41, 5.74) is 1.55. The SMILES string of the molecule is CCNC(=NCC1(O)CCc2ccccc21)N1CC2CCCCC2C1. The lowest BCUT2D eigenvalue weighted by molar-refractivity contribution is 0.0483. The molecule has 1 aromatic rings. The van der Waals surface area contributed by atoms with Gasteiger partial charge in [0.2, 0.25) is 0 Å². The van der Waals surface area contributed by atoms with E-state index in [0.29, 0.717) is 6.54 Å². The maximum atomic E-state index is 11.2. The van der Waals surface area contributed by atoms with E-state index in [1.54, 1.807) is 0 Å². The summed E-state index contributed by atoms with van der Waals surface area (Å²) in [6, 6.07) is 8.28. The molecule has 2 fully saturated rings. The molecular weight excluding hydrogens is 310 g/mol. The number of benzene rings is 1. The zero-order valence-electron chi connectivity index (χ0n) is 15.4. The van der Waals surface area contributed by atoms with Crippen molar-refractivity contribution in [1.29, 1.82) is 0 Å². The van der Waals surface area contributed by atoms with E-state index < -0.39 is 5.60 Å². The molecule has 2 aliphatic carbocycles. The van der Waals surface area contributed by atoms with Crippen molar-refractivity contribution >= 4 is 5.96 Å². The van der Waals surface area contributed by atoms with Crippen LogP contribution in [0.3, 0.4) is 0 Å². The zero-order chi connectivity index (χ0) is 17.3. The highest BCUT2D eigenvalue weighted by Crippen LogP contribution is 2.38. The molecule has 25 heavy (non-hydrogen) atoms. The average molecular weight is 341 g/mol. The third-order valence-corrected chi connectivity index (χ3v) is 6.43. The van der Waals surface area contributed by atoms with Gasteiger partial charge in [-0.3, -0.25) is 0 Å². The summed E-state index contributed by atoms with van der Waals surface area (Å²) in [5, 5.41) is 14.6. The van der Waals surface area contributed by atoms with Crippen molar-refractivity contribution in [2.75, 3.05) is 26.2 Å². The highest BCUT2D eigenvalue weighted by molar-refractivity contribution is 5.80. The summed E-state index contributed by atoms with van der Waals surface area (Å²) in [6.07, 6.45) is 7.25. The van der Waals surface area contributed by atoms with Crippen LogP contribution in [-0.2, 0) is 12.0 Å². The van der Waals surface area contributed by atoms with Crippen LogP contribution in [0.1, 0.15) is 50.2 Å². The van der Waals surface area contributed by atoms with Crippen LogP contribution in [0.5, 0.6) is 0 Å². The Labute approximate surface area is 151 Å². The van der Waals surface area contributed by atoms with Gasteiger partial charge in [0.25, 0.3) is 0 Å². The van der Waals surface area contributed by atoms with E-state index in [4.69, 9.17) is 4.99 Å². The predicted octanol–water partition coefficient (Wildman–Crippen LogP) is 2.91. The molecular formula is C21H31N3O. The highest BCUT2D eigenvalue weighted by atomic mass is 16.3. The van der Waals surface area contributed by atoms with Crippen molar-refractivity contribution in [3.63, 3.8) is 0 Å². The summed E-state index contributed by atoms with van der Waals surface area (Å²) < 4.78 is 0. The fourth-order valence-electron chi connectivity index (χ4n) is 5.04. The highest BCUT2D eigenvalue weighted by Gasteiger charge is 2.38. The van der Waals surface area contributed by atoms with E-state index in [0.717, 1.165) is 55.8 Å². The number of aliphatic hydroxyl groups is 1. The second kappa shape index (κ2) is 6.99. The molecule has 136 valence electrons. The van der Waals surface area contributed by atoms with Crippen LogP contribution in [0.2, 0.25) is 0 Å². The van der Waals surface area contributed by atoms with Crippen LogP contribution in [0.25, 0.3) is 0 Å². The third kappa shape index (κ3) is 3.29. The van der Waals surface area contributed by atoms with E-state index in [-0.39, 0.29) is 0 Å². The first-order chi connectivity index (χ1) is 12.2. The molecule has 3 atom stereocenters. The van der Waals surface area contributed by atoms with Crippen molar-refractivity contribution < 1.29 is 5.11 Å². The Morgan fingerprint density at radius 1 is 1.24 bits per heavy atom. The van der Waals surface area contributed by atoms with E-state index in [1.807, 2.05) is 6.07 Å². The first kappa shape index (κ1) is 16.9. The fraction of sp³-hybridized carbons (Fsp3) is 0.667. The van der Waals surface area contributed by atoms with Gasteiger partial charge in [-0.25, -0.2) is 4.99 Å². The van der Waals surface area contributed by atoms with Crippen LogP contribution < -0.4 is 5.32 Å².